The second kappa shape index (κ2) is 8.28. The van der Waals surface area contributed by atoms with Crippen molar-refractivity contribution in [1.29, 1.82) is 0 Å². The second-order valence-corrected chi connectivity index (χ2v) is 5.78. The highest BCUT2D eigenvalue weighted by Gasteiger charge is 2.12. The third-order valence-corrected chi connectivity index (χ3v) is 3.91. The van der Waals surface area contributed by atoms with Gasteiger partial charge in [0.1, 0.15) is 5.82 Å². The van der Waals surface area contributed by atoms with Crippen molar-refractivity contribution in [3.05, 3.63) is 53.2 Å². The van der Waals surface area contributed by atoms with E-state index in [0.29, 0.717) is 18.0 Å². The fraction of sp³-hybridized carbons (Fsp3) is 0.316. The van der Waals surface area contributed by atoms with Crippen molar-refractivity contribution < 1.29 is 14.3 Å². The van der Waals surface area contributed by atoms with Crippen molar-refractivity contribution in [3.8, 4) is 0 Å². The maximum Gasteiger partial charge on any atom is 0.339 e. The Morgan fingerprint density at radius 1 is 1.20 bits per heavy atom. The Balaban J connectivity index is 1.99. The Kier molecular flexibility index (Phi) is 6.11. The monoisotopic (exact) mass is 341 g/mol. The molecular formula is C19H23N3O3. The topological polar surface area (TPSA) is 71.5 Å². The van der Waals surface area contributed by atoms with Gasteiger partial charge < -0.3 is 15.0 Å². The molecule has 0 aliphatic heterocycles. The molecule has 132 valence electrons. The van der Waals surface area contributed by atoms with Gasteiger partial charge in [0.05, 0.1) is 18.7 Å². The number of carbonyl (C=O) groups excluding carboxylic acids is 2. The zero-order chi connectivity index (χ0) is 18.4. The summed E-state index contributed by atoms with van der Waals surface area (Å²) in [5.74, 6) is 0.0634. The minimum Gasteiger partial charge on any atom is -0.462 e. The molecule has 0 radical (unpaired) electrons. The van der Waals surface area contributed by atoms with Gasteiger partial charge in [-0.3, -0.25) is 4.79 Å². The SMILES string of the molecule is CCOC(=O)c1ccc(N(C)CC(=O)Nc2cccc(C)c2C)nc1. The largest absolute Gasteiger partial charge is 0.462 e. The molecule has 0 saturated heterocycles. The van der Waals surface area contributed by atoms with Crippen LogP contribution in [0.5, 0.6) is 0 Å². The Hall–Kier alpha value is -2.89. The molecule has 0 spiro atoms. The Morgan fingerprint density at radius 2 is 1.96 bits per heavy atom. The number of rotatable bonds is 6. The van der Waals surface area contributed by atoms with Crippen molar-refractivity contribution in [1.82, 2.24) is 4.98 Å². The van der Waals surface area contributed by atoms with Crippen LogP contribution < -0.4 is 10.2 Å². The lowest BCUT2D eigenvalue weighted by molar-refractivity contribution is -0.114. The summed E-state index contributed by atoms with van der Waals surface area (Å²) in [6.45, 7) is 6.21. The third kappa shape index (κ3) is 4.79. The number of nitrogens with one attached hydrogen (secondary N) is 1. The number of likely N-dealkylation sites (N-methyl/N-ethyl adjacent to an activating group) is 1. The van der Waals surface area contributed by atoms with Crippen molar-refractivity contribution in [2.45, 2.75) is 20.8 Å². The molecule has 0 unspecified atom stereocenters. The first kappa shape index (κ1) is 18.4. The molecule has 2 rings (SSSR count). The van der Waals surface area contributed by atoms with E-state index in [9.17, 15) is 9.59 Å². The van der Waals surface area contributed by atoms with Crippen molar-refractivity contribution >= 4 is 23.4 Å². The number of nitrogens with zero attached hydrogens (tertiary/aromatic N) is 2. The van der Waals surface area contributed by atoms with Gasteiger partial charge in [-0.05, 0) is 50.1 Å². The van der Waals surface area contributed by atoms with Gasteiger partial charge in [-0.2, -0.15) is 0 Å². The zero-order valence-corrected chi connectivity index (χ0v) is 15.0. The van der Waals surface area contributed by atoms with Gasteiger partial charge in [-0.1, -0.05) is 12.1 Å². The lowest BCUT2D eigenvalue weighted by Crippen LogP contribution is -2.30. The molecule has 1 aromatic heterocycles. The first-order chi connectivity index (χ1) is 11.9. The van der Waals surface area contributed by atoms with Crippen LogP contribution in [0.25, 0.3) is 0 Å². The Labute approximate surface area is 147 Å². The van der Waals surface area contributed by atoms with E-state index in [0.717, 1.165) is 16.8 Å². The van der Waals surface area contributed by atoms with Crippen LogP contribution in [0, 0.1) is 13.8 Å². The highest BCUT2D eigenvalue weighted by molar-refractivity contribution is 5.94. The van der Waals surface area contributed by atoms with E-state index in [1.54, 1.807) is 31.0 Å². The van der Waals surface area contributed by atoms with E-state index in [1.165, 1.54) is 6.20 Å². The number of pyridine rings is 1. The number of benzene rings is 1. The molecule has 0 aliphatic rings. The minimum absolute atomic E-state index is 0.132. The summed E-state index contributed by atoms with van der Waals surface area (Å²) in [6, 6.07) is 9.13. The summed E-state index contributed by atoms with van der Waals surface area (Å²) in [5.41, 5.74) is 3.38. The number of carbonyl (C=O) groups is 2. The molecule has 2 aromatic rings. The van der Waals surface area contributed by atoms with Crippen LogP contribution >= 0.6 is 0 Å². The van der Waals surface area contributed by atoms with Crippen LogP contribution in [-0.4, -0.2) is 37.1 Å². The van der Waals surface area contributed by atoms with Gasteiger partial charge in [0.15, 0.2) is 0 Å². The van der Waals surface area contributed by atoms with E-state index in [-0.39, 0.29) is 12.5 Å². The summed E-state index contributed by atoms with van der Waals surface area (Å²) in [6.07, 6.45) is 1.45. The fourth-order valence-corrected chi connectivity index (χ4v) is 2.32. The Morgan fingerprint density at radius 3 is 2.60 bits per heavy atom. The number of aryl methyl sites for hydroxylation is 1. The number of amides is 1. The summed E-state index contributed by atoms with van der Waals surface area (Å²) in [4.78, 5) is 29.8. The molecule has 0 saturated carbocycles. The van der Waals surface area contributed by atoms with Gasteiger partial charge in [0.2, 0.25) is 5.91 Å². The van der Waals surface area contributed by atoms with E-state index in [1.807, 2.05) is 32.0 Å². The number of hydrogen-bond acceptors (Lipinski definition) is 5. The lowest BCUT2D eigenvalue weighted by atomic mass is 10.1. The minimum atomic E-state index is -0.406. The molecule has 1 aromatic carbocycles. The first-order valence-corrected chi connectivity index (χ1v) is 8.12. The number of aromatic nitrogens is 1. The van der Waals surface area contributed by atoms with E-state index in [2.05, 4.69) is 10.3 Å². The standard InChI is InChI=1S/C19H23N3O3/c1-5-25-19(24)15-9-10-17(20-11-15)22(4)12-18(23)21-16-8-6-7-13(2)14(16)3/h6-11H,5,12H2,1-4H3,(H,21,23). The smallest absolute Gasteiger partial charge is 0.339 e. The highest BCUT2D eigenvalue weighted by atomic mass is 16.5. The molecule has 25 heavy (non-hydrogen) atoms. The van der Waals surface area contributed by atoms with Gasteiger partial charge in [0.25, 0.3) is 0 Å². The predicted octanol–water partition coefficient (Wildman–Crippen LogP) is 2.95. The van der Waals surface area contributed by atoms with Crippen LogP contribution in [0.2, 0.25) is 0 Å². The maximum absolute atomic E-state index is 12.3. The molecule has 0 aliphatic carbocycles. The molecule has 0 bridgehead atoms. The molecule has 0 atom stereocenters. The summed E-state index contributed by atoms with van der Waals surface area (Å²) >= 11 is 0. The summed E-state index contributed by atoms with van der Waals surface area (Å²) in [5, 5.41) is 2.92. The van der Waals surface area contributed by atoms with Gasteiger partial charge >= 0.3 is 5.97 Å². The third-order valence-electron chi connectivity index (χ3n) is 3.91. The van der Waals surface area contributed by atoms with E-state index in [4.69, 9.17) is 4.74 Å². The van der Waals surface area contributed by atoms with Crippen LogP contribution in [-0.2, 0) is 9.53 Å². The van der Waals surface area contributed by atoms with Crippen molar-refractivity contribution in [2.24, 2.45) is 0 Å². The predicted molar refractivity (Wildman–Crippen MR) is 98.0 cm³/mol. The normalized spacial score (nSPS) is 10.2. The molecule has 1 heterocycles. The van der Waals surface area contributed by atoms with Gasteiger partial charge in [0, 0.05) is 18.9 Å². The molecule has 0 fully saturated rings. The van der Waals surface area contributed by atoms with E-state index >= 15 is 0 Å². The van der Waals surface area contributed by atoms with Crippen molar-refractivity contribution in [2.75, 3.05) is 30.4 Å². The first-order valence-electron chi connectivity index (χ1n) is 8.12. The molecular weight excluding hydrogens is 318 g/mol. The van der Waals surface area contributed by atoms with E-state index < -0.39 is 5.97 Å². The molecule has 6 heteroatoms. The zero-order valence-electron chi connectivity index (χ0n) is 15.0. The van der Waals surface area contributed by atoms with Crippen LogP contribution in [0.15, 0.2) is 36.5 Å². The summed E-state index contributed by atoms with van der Waals surface area (Å²) in [7, 11) is 1.77. The quantitative estimate of drug-likeness (QED) is 0.818. The number of esters is 1. The maximum atomic E-state index is 12.3. The number of ether oxygens (including phenoxy) is 1. The number of hydrogen-bond donors (Lipinski definition) is 1. The second-order valence-electron chi connectivity index (χ2n) is 5.78. The molecule has 1 amide bonds. The van der Waals surface area contributed by atoms with Gasteiger partial charge in [-0.15, -0.1) is 0 Å². The summed E-state index contributed by atoms with van der Waals surface area (Å²) < 4.78 is 4.92. The average molecular weight is 341 g/mol. The molecule has 1 N–H and O–H groups in total. The molecule has 6 nitrogen and oxygen atoms in total. The number of anilines is 2. The average Bonchev–Trinajstić information content (AvgIpc) is 2.59. The van der Waals surface area contributed by atoms with Crippen molar-refractivity contribution in [3.63, 3.8) is 0 Å². The highest BCUT2D eigenvalue weighted by Crippen LogP contribution is 2.18. The van der Waals surface area contributed by atoms with Crippen LogP contribution in [0.4, 0.5) is 11.5 Å². The van der Waals surface area contributed by atoms with Crippen LogP contribution in [0.3, 0.4) is 0 Å². The van der Waals surface area contributed by atoms with Gasteiger partial charge in [-0.25, -0.2) is 9.78 Å². The fourth-order valence-electron chi connectivity index (χ4n) is 2.32. The van der Waals surface area contributed by atoms with Crippen LogP contribution in [0.1, 0.15) is 28.4 Å². The Bertz CT molecular complexity index is 757. The lowest BCUT2D eigenvalue weighted by Gasteiger charge is -2.18.